The minimum atomic E-state index is -0.929. The van der Waals surface area contributed by atoms with Crippen LogP contribution in [0.5, 0.6) is 0 Å². The van der Waals surface area contributed by atoms with Crippen LogP contribution in [0.4, 0.5) is 5.69 Å². The number of hydrogen-bond acceptors (Lipinski definition) is 4. The Bertz CT molecular complexity index is 458. The lowest BCUT2D eigenvalue weighted by molar-refractivity contribution is -0.385. The van der Waals surface area contributed by atoms with Crippen molar-refractivity contribution in [2.24, 2.45) is 5.73 Å². The number of carbonyl (C=O) groups is 2. The highest BCUT2D eigenvalue weighted by Crippen LogP contribution is 2.23. The predicted octanol–water partition coefficient (Wildman–Crippen LogP) is 1.11. The van der Waals surface area contributed by atoms with Crippen LogP contribution in [-0.2, 0) is 0 Å². The first-order chi connectivity index (χ1) is 6.97. The van der Waals surface area contributed by atoms with E-state index in [9.17, 15) is 19.7 Å². The number of nitrogens with two attached hydrogens (primary N) is 1. The summed E-state index contributed by atoms with van der Waals surface area (Å²) in [6.45, 7) is 0. The molecule has 0 radical (unpaired) electrons. The summed E-state index contributed by atoms with van der Waals surface area (Å²) < 4.78 is 0.402. The summed E-state index contributed by atoms with van der Waals surface area (Å²) in [5.74, 6) is -0.929. The van der Waals surface area contributed by atoms with E-state index in [0.29, 0.717) is 9.86 Å². The molecule has 1 aromatic rings. The van der Waals surface area contributed by atoms with Gasteiger partial charge in [0.25, 0.3) is 11.6 Å². The van der Waals surface area contributed by atoms with E-state index in [-0.39, 0.29) is 11.1 Å². The number of nitro groups is 1. The Morgan fingerprint density at radius 3 is 2.53 bits per heavy atom. The highest BCUT2D eigenvalue weighted by Gasteiger charge is 2.20. The van der Waals surface area contributed by atoms with E-state index in [0.717, 1.165) is 12.1 Å². The molecule has 0 bridgehead atoms. The molecule has 78 valence electrons. The van der Waals surface area contributed by atoms with Gasteiger partial charge >= 0.3 is 0 Å². The largest absolute Gasteiger partial charge is 0.365 e. The molecule has 0 aliphatic rings. The Morgan fingerprint density at radius 2 is 2.13 bits per heavy atom. The van der Waals surface area contributed by atoms with Gasteiger partial charge in [-0.2, -0.15) is 0 Å². The molecule has 6 nitrogen and oxygen atoms in total. The van der Waals surface area contributed by atoms with Crippen molar-refractivity contribution in [2.75, 3.05) is 0 Å². The zero-order chi connectivity index (χ0) is 11.6. The van der Waals surface area contributed by atoms with Crippen molar-refractivity contribution in [2.45, 2.75) is 0 Å². The molecule has 0 aliphatic carbocycles. The summed E-state index contributed by atoms with van der Waals surface area (Å²) in [5, 5.41) is 10.6. The first-order valence-corrected chi connectivity index (χ1v) is 4.78. The van der Waals surface area contributed by atoms with Gasteiger partial charge in [-0.3, -0.25) is 19.7 Å². The fourth-order valence-corrected chi connectivity index (χ4v) is 1.60. The Kier molecular flexibility index (Phi) is 3.35. The fourth-order valence-electron chi connectivity index (χ4n) is 1.02. The van der Waals surface area contributed by atoms with Crippen LogP contribution in [0, 0.1) is 13.7 Å². The van der Waals surface area contributed by atoms with Crippen LogP contribution in [0.3, 0.4) is 0 Å². The highest BCUT2D eigenvalue weighted by atomic mass is 127. The number of amides is 1. The van der Waals surface area contributed by atoms with E-state index in [1.165, 1.54) is 0 Å². The SMILES string of the molecule is NC(=O)c1cc(C=O)c(I)cc1[N+](=O)[O-]. The van der Waals surface area contributed by atoms with Gasteiger partial charge in [0, 0.05) is 15.2 Å². The van der Waals surface area contributed by atoms with Crippen LogP contribution in [0.1, 0.15) is 20.7 Å². The van der Waals surface area contributed by atoms with Crippen molar-refractivity contribution in [1.29, 1.82) is 0 Å². The molecule has 7 heteroatoms. The van der Waals surface area contributed by atoms with Crippen LogP contribution in [0.25, 0.3) is 0 Å². The zero-order valence-corrected chi connectivity index (χ0v) is 9.43. The molecular weight excluding hydrogens is 315 g/mol. The molecule has 0 atom stereocenters. The molecule has 0 heterocycles. The third kappa shape index (κ3) is 2.29. The molecule has 1 aromatic carbocycles. The smallest absolute Gasteiger partial charge is 0.283 e. The van der Waals surface area contributed by atoms with Gasteiger partial charge in [0.15, 0.2) is 6.29 Å². The Labute approximate surface area is 97.7 Å². The monoisotopic (exact) mass is 320 g/mol. The van der Waals surface area contributed by atoms with Crippen molar-refractivity contribution in [3.05, 3.63) is 36.9 Å². The average molecular weight is 320 g/mol. The topological polar surface area (TPSA) is 103 Å². The number of benzene rings is 1. The third-order valence-corrected chi connectivity index (χ3v) is 2.64. The van der Waals surface area contributed by atoms with Crippen molar-refractivity contribution in [3.8, 4) is 0 Å². The zero-order valence-electron chi connectivity index (χ0n) is 7.27. The standard InChI is InChI=1S/C8H5IN2O4/c9-6-2-7(11(14)15)5(8(10)13)1-4(6)3-12/h1-3H,(H2,10,13). The Balaban J connectivity index is 3.52. The summed E-state index contributed by atoms with van der Waals surface area (Å²) in [6, 6.07) is 2.26. The first-order valence-electron chi connectivity index (χ1n) is 3.70. The van der Waals surface area contributed by atoms with E-state index in [4.69, 9.17) is 5.73 Å². The maximum Gasteiger partial charge on any atom is 0.283 e. The number of primary amides is 1. The molecule has 0 aromatic heterocycles. The normalized spacial score (nSPS) is 9.67. The summed E-state index contributed by atoms with van der Waals surface area (Å²) in [5.41, 5.74) is 4.52. The number of nitro benzene ring substituents is 1. The second-order valence-corrected chi connectivity index (χ2v) is 3.79. The van der Waals surface area contributed by atoms with Gasteiger partial charge in [-0.15, -0.1) is 0 Å². The second kappa shape index (κ2) is 4.34. The van der Waals surface area contributed by atoms with Crippen LogP contribution >= 0.6 is 22.6 Å². The number of halogens is 1. The van der Waals surface area contributed by atoms with Gasteiger partial charge in [0.05, 0.1) is 4.92 Å². The van der Waals surface area contributed by atoms with Gasteiger partial charge < -0.3 is 5.73 Å². The summed E-state index contributed by atoms with van der Waals surface area (Å²) in [4.78, 5) is 31.3. The molecular formula is C8H5IN2O4. The minimum absolute atomic E-state index is 0.204. The molecule has 2 N–H and O–H groups in total. The number of hydrogen-bond donors (Lipinski definition) is 1. The number of rotatable bonds is 3. The number of carbonyl (C=O) groups excluding carboxylic acids is 2. The van der Waals surface area contributed by atoms with Gasteiger partial charge in [-0.25, -0.2) is 0 Å². The molecule has 15 heavy (non-hydrogen) atoms. The predicted molar refractivity (Wildman–Crippen MR) is 59.7 cm³/mol. The lowest BCUT2D eigenvalue weighted by Gasteiger charge is -2.01. The maximum atomic E-state index is 10.9. The number of aldehydes is 1. The van der Waals surface area contributed by atoms with Crippen molar-refractivity contribution in [1.82, 2.24) is 0 Å². The van der Waals surface area contributed by atoms with Gasteiger partial charge in [-0.05, 0) is 28.7 Å². The van der Waals surface area contributed by atoms with Gasteiger partial charge in [-0.1, -0.05) is 0 Å². The van der Waals surface area contributed by atoms with Crippen molar-refractivity contribution in [3.63, 3.8) is 0 Å². The lowest BCUT2D eigenvalue weighted by Crippen LogP contribution is -2.14. The second-order valence-electron chi connectivity index (χ2n) is 2.63. The third-order valence-electron chi connectivity index (χ3n) is 1.70. The van der Waals surface area contributed by atoms with E-state index >= 15 is 0 Å². The molecule has 0 unspecified atom stereocenters. The quantitative estimate of drug-likeness (QED) is 0.390. The Hall–Kier alpha value is -1.51. The van der Waals surface area contributed by atoms with E-state index < -0.39 is 16.5 Å². The van der Waals surface area contributed by atoms with E-state index in [1.807, 2.05) is 0 Å². The molecule has 0 spiro atoms. The van der Waals surface area contributed by atoms with Gasteiger partial charge in [0.2, 0.25) is 0 Å². The summed E-state index contributed by atoms with van der Waals surface area (Å²) >= 11 is 1.77. The van der Waals surface area contributed by atoms with Gasteiger partial charge in [0.1, 0.15) is 5.56 Å². The number of nitrogens with zero attached hydrogens (tertiary/aromatic N) is 1. The van der Waals surface area contributed by atoms with E-state index in [1.54, 1.807) is 22.6 Å². The van der Waals surface area contributed by atoms with Crippen LogP contribution in [0.15, 0.2) is 12.1 Å². The minimum Gasteiger partial charge on any atom is -0.365 e. The van der Waals surface area contributed by atoms with E-state index in [2.05, 4.69) is 0 Å². The van der Waals surface area contributed by atoms with Crippen LogP contribution < -0.4 is 5.73 Å². The van der Waals surface area contributed by atoms with Crippen LogP contribution in [-0.4, -0.2) is 17.1 Å². The summed E-state index contributed by atoms with van der Waals surface area (Å²) in [6.07, 6.45) is 0.512. The summed E-state index contributed by atoms with van der Waals surface area (Å²) in [7, 11) is 0. The average Bonchev–Trinajstić information content (AvgIpc) is 2.16. The Morgan fingerprint density at radius 1 is 1.53 bits per heavy atom. The lowest BCUT2D eigenvalue weighted by atomic mass is 10.1. The molecule has 0 saturated heterocycles. The van der Waals surface area contributed by atoms with Crippen LogP contribution in [0.2, 0.25) is 0 Å². The molecule has 0 fully saturated rings. The molecule has 0 aliphatic heterocycles. The maximum absolute atomic E-state index is 10.9. The molecule has 0 saturated carbocycles. The first kappa shape index (κ1) is 11.6. The molecule has 1 rings (SSSR count). The van der Waals surface area contributed by atoms with Crippen molar-refractivity contribution < 1.29 is 14.5 Å². The molecule has 1 amide bonds. The van der Waals surface area contributed by atoms with Crippen molar-refractivity contribution >= 4 is 40.5 Å². The fraction of sp³-hybridized carbons (Fsp3) is 0. The highest BCUT2D eigenvalue weighted by molar-refractivity contribution is 14.1.